The fraction of sp³-hybridized carbons (Fsp3) is 0.800. The summed E-state index contributed by atoms with van der Waals surface area (Å²) in [5.74, 6) is -0.261. The lowest BCUT2D eigenvalue weighted by atomic mass is 9.83. The van der Waals surface area contributed by atoms with Crippen molar-refractivity contribution in [1.29, 1.82) is 0 Å². The van der Waals surface area contributed by atoms with Crippen LogP contribution in [0.5, 0.6) is 0 Å². The van der Waals surface area contributed by atoms with E-state index >= 15 is 0 Å². The van der Waals surface area contributed by atoms with Gasteiger partial charge in [0.15, 0.2) is 5.69 Å². The predicted molar refractivity (Wildman–Crippen MR) is 77.0 cm³/mol. The molecular weight excluding hydrogens is 254 g/mol. The van der Waals surface area contributed by atoms with E-state index in [1.807, 2.05) is 25.5 Å². The number of aromatic carboxylic acids is 1. The molecule has 5 nitrogen and oxygen atoms in total. The molecule has 5 heteroatoms. The number of hydrogen-bond acceptors (Lipinski definition) is 3. The van der Waals surface area contributed by atoms with Crippen LogP contribution in [0.15, 0.2) is 0 Å². The molecule has 0 amide bonds. The zero-order valence-electron chi connectivity index (χ0n) is 12.9. The molecule has 112 valence electrons. The molecule has 1 aliphatic carbocycles. The van der Waals surface area contributed by atoms with E-state index in [-0.39, 0.29) is 11.1 Å². The Balaban J connectivity index is 2.39. The predicted octanol–water partition coefficient (Wildman–Crippen LogP) is 3.42. The number of nitrogens with zero attached hydrogens (tertiary/aromatic N) is 3. The first-order chi connectivity index (χ1) is 9.34. The summed E-state index contributed by atoms with van der Waals surface area (Å²) in [5, 5.41) is 17.4. The minimum Gasteiger partial charge on any atom is -0.476 e. The van der Waals surface area contributed by atoms with E-state index in [1.165, 1.54) is 19.3 Å². The highest BCUT2D eigenvalue weighted by Gasteiger charge is 2.33. The molecule has 1 aliphatic rings. The Hall–Kier alpha value is -1.39. The van der Waals surface area contributed by atoms with E-state index in [4.69, 9.17) is 0 Å². The van der Waals surface area contributed by atoms with Crippen molar-refractivity contribution in [2.75, 3.05) is 0 Å². The highest BCUT2D eigenvalue weighted by molar-refractivity contribution is 5.86. The van der Waals surface area contributed by atoms with Crippen LogP contribution in [0, 0.1) is 5.92 Å². The van der Waals surface area contributed by atoms with Gasteiger partial charge >= 0.3 is 5.97 Å². The van der Waals surface area contributed by atoms with Gasteiger partial charge in [0.1, 0.15) is 0 Å². The van der Waals surface area contributed by atoms with Crippen LogP contribution in [-0.2, 0) is 5.41 Å². The standard InChI is InChI=1S/C15H25N3O2/c1-5-10-7-6-8-11(9-10)18-13(15(2,3)4)12(14(19)20)16-17-18/h10-11H,5-9H2,1-4H3,(H,19,20). The minimum atomic E-state index is -0.982. The van der Waals surface area contributed by atoms with Crippen LogP contribution in [0.4, 0.5) is 0 Å². The van der Waals surface area contributed by atoms with Crippen molar-refractivity contribution in [3.05, 3.63) is 11.4 Å². The number of rotatable bonds is 3. The molecule has 1 aromatic heterocycles. The summed E-state index contributed by atoms with van der Waals surface area (Å²) in [4.78, 5) is 11.4. The van der Waals surface area contributed by atoms with Crippen molar-refractivity contribution < 1.29 is 9.90 Å². The second kappa shape index (κ2) is 5.54. The van der Waals surface area contributed by atoms with Crippen LogP contribution in [0.2, 0.25) is 0 Å². The van der Waals surface area contributed by atoms with Gasteiger partial charge in [-0.05, 0) is 18.8 Å². The Morgan fingerprint density at radius 1 is 1.40 bits per heavy atom. The average Bonchev–Trinajstić information content (AvgIpc) is 2.83. The van der Waals surface area contributed by atoms with Crippen molar-refractivity contribution in [1.82, 2.24) is 15.0 Å². The van der Waals surface area contributed by atoms with Gasteiger partial charge in [-0.2, -0.15) is 0 Å². The molecule has 0 spiro atoms. The number of carboxylic acid groups (broad SMARTS) is 1. The molecule has 0 aromatic carbocycles. The summed E-state index contributed by atoms with van der Waals surface area (Å²) in [5.41, 5.74) is 0.596. The number of carbonyl (C=O) groups is 1. The normalized spacial score (nSPS) is 23.8. The first-order valence-corrected chi connectivity index (χ1v) is 7.53. The van der Waals surface area contributed by atoms with Crippen LogP contribution in [0.25, 0.3) is 0 Å². The molecular formula is C15H25N3O2. The molecule has 2 atom stereocenters. The van der Waals surface area contributed by atoms with Gasteiger partial charge in [0.25, 0.3) is 0 Å². The quantitative estimate of drug-likeness (QED) is 0.920. The third-order valence-electron chi connectivity index (χ3n) is 4.29. The molecule has 0 saturated heterocycles. The monoisotopic (exact) mass is 279 g/mol. The lowest BCUT2D eigenvalue weighted by molar-refractivity contribution is 0.0687. The maximum atomic E-state index is 11.4. The second-order valence-corrected chi connectivity index (χ2v) is 6.88. The Bertz CT molecular complexity index is 488. The van der Waals surface area contributed by atoms with E-state index in [9.17, 15) is 9.90 Å². The smallest absolute Gasteiger partial charge is 0.358 e. The van der Waals surface area contributed by atoms with Gasteiger partial charge in [0, 0.05) is 5.41 Å². The Kier molecular flexibility index (Phi) is 4.16. The van der Waals surface area contributed by atoms with Crippen LogP contribution in [0.3, 0.4) is 0 Å². The van der Waals surface area contributed by atoms with Gasteiger partial charge in [-0.3, -0.25) is 0 Å². The zero-order chi connectivity index (χ0) is 14.9. The largest absolute Gasteiger partial charge is 0.476 e. The molecule has 0 aliphatic heterocycles. The van der Waals surface area contributed by atoms with Gasteiger partial charge in [-0.25, -0.2) is 9.48 Å². The summed E-state index contributed by atoms with van der Waals surface area (Å²) in [7, 11) is 0. The van der Waals surface area contributed by atoms with Crippen LogP contribution < -0.4 is 0 Å². The first-order valence-electron chi connectivity index (χ1n) is 7.53. The van der Waals surface area contributed by atoms with Gasteiger partial charge in [-0.1, -0.05) is 52.2 Å². The van der Waals surface area contributed by atoms with Crippen LogP contribution >= 0.6 is 0 Å². The fourth-order valence-corrected chi connectivity index (χ4v) is 3.25. The lowest BCUT2D eigenvalue weighted by Gasteiger charge is -2.31. The summed E-state index contributed by atoms with van der Waals surface area (Å²) in [6.45, 7) is 8.29. The van der Waals surface area contributed by atoms with Crippen molar-refractivity contribution in [3.63, 3.8) is 0 Å². The summed E-state index contributed by atoms with van der Waals surface area (Å²) in [6, 6.07) is 0.295. The molecule has 2 unspecified atom stereocenters. The van der Waals surface area contributed by atoms with E-state index in [0.29, 0.717) is 6.04 Å². The van der Waals surface area contributed by atoms with Gasteiger partial charge < -0.3 is 5.11 Å². The minimum absolute atomic E-state index is 0.108. The highest BCUT2D eigenvalue weighted by atomic mass is 16.4. The Labute approximate surface area is 120 Å². The van der Waals surface area contributed by atoms with Crippen molar-refractivity contribution in [3.8, 4) is 0 Å². The Morgan fingerprint density at radius 2 is 2.10 bits per heavy atom. The molecule has 1 fully saturated rings. The first kappa shape index (κ1) is 15.0. The lowest BCUT2D eigenvalue weighted by Crippen LogP contribution is -2.27. The summed E-state index contributed by atoms with van der Waals surface area (Å²) < 4.78 is 1.89. The van der Waals surface area contributed by atoms with Crippen molar-refractivity contribution in [2.45, 2.75) is 71.3 Å². The van der Waals surface area contributed by atoms with Crippen molar-refractivity contribution in [2.24, 2.45) is 5.92 Å². The Morgan fingerprint density at radius 3 is 2.65 bits per heavy atom. The third-order valence-corrected chi connectivity index (χ3v) is 4.29. The van der Waals surface area contributed by atoms with Gasteiger partial charge in [0.05, 0.1) is 11.7 Å². The molecule has 1 N–H and O–H groups in total. The number of carboxylic acids is 1. The molecule has 1 aromatic rings. The molecule has 1 saturated carbocycles. The summed E-state index contributed by atoms with van der Waals surface area (Å²) in [6.07, 6.45) is 5.80. The summed E-state index contributed by atoms with van der Waals surface area (Å²) >= 11 is 0. The molecule has 1 heterocycles. The molecule has 0 bridgehead atoms. The maximum absolute atomic E-state index is 11.4. The maximum Gasteiger partial charge on any atom is 0.358 e. The van der Waals surface area contributed by atoms with Crippen LogP contribution in [0.1, 0.15) is 82.0 Å². The van der Waals surface area contributed by atoms with Crippen LogP contribution in [-0.4, -0.2) is 26.1 Å². The fourth-order valence-electron chi connectivity index (χ4n) is 3.25. The van der Waals surface area contributed by atoms with Gasteiger partial charge in [0.2, 0.25) is 0 Å². The molecule has 2 rings (SSSR count). The number of hydrogen-bond donors (Lipinski definition) is 1. The van der Waals surface area contributed by atoms with Gasteiger partial charge in [-0.15, -0.1) is 5.10 Å². The highest BCUT2D eigenvalue weighted by Crippen LogP contribution is 2.37. The van der Waals surface area contributed by atoms with E-state index in [2.05, 4.69) is 17.2 Å². The zero-order valence-corrected chi connectivity index (χ0v) is 12.9. The second-order valence-electron chi connectivity index (χ2n) is 6.88. The topological polar surface area (TPSA) is 68.0 Å². The molecule has 20 heavy (non-hydrogen) atoms. The van der Waals surface area contributed by atoms with E-state index in [1.54, 1.807) is 0 Å². The SMILES string of the molecule is CCC1CCCC(n2nnc(C(=O)O)c2C(C)(C)C)C1. The van der Waals surface area contributed by atoms with Crippen molar-refractivity contribution >= 4 is 5.97 Å². The third kappa shape index (κ3) is 2.86. The molecule has 0 radical (unpaired) electrons. The number of aromatic nitrogens is 3. The van der Waals surface area contributed by atoms with E-state index < -0.39 is 5.97 Å². The van der Waals surface area contributed by atoms with E-state index in [0.717, 1.165) is 24.5 Å². The average molecular weight is 279 g/mol.